The van der Waals surface area contributed by atoms with E-state index >= 15 is 0 Å². The lowest BCUT2D eigenvalue weighted by atomic mass is 10.1. The molecule has 1 atom stereocenters. The summed E-state index contributed by atoms with van der Waals surface area (Å²) in [5, 5.41) is 3.42. The predicted octanol–water partition coefficient (Wildman–Crippen LogP) is 5.20. The van der Waals surface area contributed by atoms with Crippen molar-refractivity contribution in [2.75, 3.05) is 0 Å². The fourth-order valence-corrected chi connectivity index (χ4v) is 2.46. The highest BCUT2D eigenvalue weighted by molar-refractivity contribution is 9.13. The van der Waals surface area contributed by atoms with Gasteiger partial charge in [0.05, 0.1) is 0 Å². The lowest BCUT2D eigenvalue weighted by Gasteiger charge is -2.14. The summed E-state index contributed by atoms with van der Waals surface area (Å²) in [7, 11) is 0. The van der Waals surface area contributed by atoms with Crippen molar-refractivity contribution in [3.05, 3.63) is 68.4 Å². The average Bonchev–Trinajstić information content (AvgIpc) is 2.40. The highest BCUT2D eigenvalue weighted by Gasteiger charge is 2.05. The Morgan fingerprint density at radius 2 is 1.74 bits per heavy atom. The quantitative estimate of drug-likeness (QED) is 0.761. The molecule has 0 unspecified atom stereocenters. The Hall–Kier alpha value is -0.710. The number of halogens is 3. The van der Waals surface area contributed by atoms with Gasteiger partial charge in [0.15, 0.2) is 0 Å². The average molecular weight is 387 g/mol. The van der Waals surface area contributed by atoms with Crippen LogP contribution in [-0.4, -0.2) is 0 Å². The molecule has 0 aromatic heterocycles. The Morgan fingerprint density at radius 3 is 2.37 bits per heavy atom. The van der Waals surface area contributed by atoms with Crippen LogP contribution < -0.4 is 5.32 Å². The molecule has 0 bridgehead atoms. The van der Waals surface area contributed by atoms with E-state index in [4.69, 9.17) is 0 Å². The molecule has 4 heteroatoms. The van der Waals surface area contributed by atoms with E-state index in [-0.39, 0.29) is 11.9 Å². The van der Waals surface area contributed by atoms with E-state index in [0.717, 1.165) is 21.1 Å². The van der Waals surface area contributed by atoms with Crippen LogP contribution in [0.25, 0.3) is 0 Å². The van der Waals surface area contributed by atoms with Crippen molar-refractivity contribution in [3.8, 4) is 0 Å². The first-order valence-corrected chi connectivity index (χ1v) is 7.57. The largest absolute Gasteiger partial charge is 0.306 e. The lowest BCUT2D eigenvalue weighted by Crippen LogP contribution is -2.18. The first-order chi connectivity index (χ1) is 9.06. The second kappa shape index (κ2) is 6.64. The molecule has 0 heterocycles. The topological polar surface area (TPSA) is 12.0 Å². The molecule has 0 spiro atoms. The van der Waals surface area contributed by atoms with Crippen molar-refractivity contribution in [1.82, 2.24) is 5.32 Å². The molecule has 0 saturated carbocycles. The maximum atomic E-state index is 12.9. The number of rotatable bonds is 4. The summed E-state index contributed by atoms with van der Waals surface area (Å²) in [6, 6.07) is 12.9. The number of hydrogen-bond acceptors (Lipinski definition) is 1. The van der Waals surface area contributed by atoms with Crippen LogP contribution in [0, 0.1) is 5.82 Å². The molecular weight excluding hydrogens is 373 g/mol. The fraction of sp³-hybridized carbons (Fsp3) is 0.200. The Labute approximate surface area is 129 Å². The Balaban J connectivity index is 1.98. The van der Waals surface area contributed by atoms with Gasteiger partial charge in [-0.25, -0.2) is 4.39 Å². The second-order valence-corrected chi connectivity index (χ2v) is 6.11. The lowest BCUT2D eigenvalue weighted by molar-refractivity contribution is 0.571. The van der Waals surface area contributed by atoms with E-state index in [2.05, 4.69) is 56.2 Å². The number of hydrogen-bond donors (Lipinski definition) is 1. The monoisotopic (exact) mass is 385 g/mol. The van der Waals surface area contributed by atoms with Gasteiger partial charge in [0, 0.05) is 21.5 Å². The van der Waals surface area contributed by atoms with Gasteiger partial charge in [0.25, 0.3) is 0 Å². The minimum atomic E-state index is -0.201. The van der Waals surface area contributed by atoms with Gasteiger partial charge in [0.2, 0.25) is 0 Å². The number of nitrogens with one attached hydrogen (secondary N) is 1. The minimum absolute atomic E-state index is 0.183. The molecule has 1 nitrogen and oxygen atoms in total. The predicted molar refractivity (Wildman–Crippen MR) is 83.5 cm³/mol. The summed E-state index contributed by atoms with van der Waals surface area (Å²) >= 11 is 6.94. The highest BCUT2D eigenvalue weighted by atomic mass is 79.9. The van der Waals surface area contributed by atoms with Crippen molar-refractivity contribution >= 4 is 31.9 Å². The van der Waals surface area contributed by atoms with E-state index in [9.17, 15) is 4.39 Å². The molecule has 2 aromatic rings. The molecule has 2 aromatic carbocycles. The molecule has 0 amide bonds. The second-order valence-electron chi connectivity index (χ2n) is 4.40. The van der Waals surface area contributed by atoms with Crippen molar-refractivity contribution < 1.29 is 4.39 Å². The Morgan fingerprint density at radius 1 is 1.05 bits per heavy atom. The normalized spacial score (nSPS) is 12.4. The van der Waals surface area contributed by atoms with Crippen LogP contribution in [0.3, 0.4) is 0 Å². The molecule has 0 saturated heterocycles. The molecule has 0 radical (unpaired) electrons. The van der Waals surface area contributed by atoms with Crippen LogP contribution in [0.4, 0.5) is 4.39 Å². The fourth-order valence-electron chi connectivity index (χ4n) is 1.79. The summed E-state index contributed by atoms with van der Waals surface area (Å²) < 4.78 is 14.9. The molecule has 0 aliphatic heterocycles. The molecule has 100 valence electrons. The third-order valence-electron chi connectivity index (χ3n) is 2.97. The maximum Gasteiger partial charge on any atom is 0.123 e. The SMILES string of the molecule is C[C@@H](NCc1ccc(Br)c(Br)c1)c1ccc(F)cc1. The van der Waals surface area contributed by atoms with Crippen molar-refractivity contribution in [3.63, 3.8) is 0 Å². The summed E-state index contributed by atoms with van der Waals surface area (Å²) in [6.07, 6.45) is 0. The Bertz CT molecular complexity index is 555. The van der Waals surface area contributed by atoms with E-state index in [0.29, 0.717) is 0 Å². The standard InChI is InChI=1S/C15H14Br2FN/c1-10(12-3-5-13(18)6-4-12)19-9-11-2-7-14(16)15(17)8-11/h2-8,10,19H,9H2,1H3/t10-/m1/s1. The van der Waals surface area contributed by atoms with E-state index in [1.54, 1.807) is 0 Å². The zero-order chi connectivity index (χ0) is 13.8. The minimum Gasteiger partial charge on any atom is -0.306 e. The van der Waals surface area contributed by atoms with Crippen LogP contribution in [0.5, 0.6) is 0 Å². The van der Waals surface area contributed by atoms with Gasteiger partial charge in [-0.05, 0) is 74.2 Å². The highest BCUT2D eigenvalue weighted by Crippen LogP contribution is 2.24. The van der Waals surface area contributed by atoms with E-state index in [1.165, 1.54) is 17.7 Å². The maximum absolute atomic E-state index is 12.9. The van der Waals surface area contributed by atoms with Gasteiger partial charge < -0.3 is 5.32 Å². The molecule has 0 aliphatic rings. The van der Waals surface area contributed by atoms with Gasteiger partial charge in [-0.3, -0.25) is 0 Å². The Kier molecular flexibility index (Phi) is 5.13. The third-order valence-corrected chi connectivity index (χ3v) is 4.85. The summed E-state index contributed by atoms with van der Waals surface area (Å²) in [6.45, 7) is 2.84. The van der Waals surface area contributed by atoms with Crippen LogP contribution >= 0.6 is 31.9 Å². The first kappa shape index (κ1) is 14.7. The zero-order valence-electron chi connectivity index (χ0n) is 10.5. The zero-order valence-corrected chi connectivity index (χ0v) is 13.6. The van der Waals surface area contributed by atoms with E-state index in [1.807, 2.05) is 18.2 Å². The van der Waals surface area contributed by atoms with Crippen LogP contribution in [0.2, 0.25) is 0 Å². The van der Waals surface area contributed by atoms with Crippen molar-refractivity contribution in [2.24, 2.45) is 0 Å². The molecule has 1 N–H and O–H groups in total. The third kappa shape index (κ3) is 4.13. The van der Waals surface area contributed by atoms with Crippen LogP contribution in [0.1, 0.15) is 24.1 Å². The van der Waals surface area contributed by atoms with Gasteiger partial charge in [0.1, 0.15) is 5.82 Å². The van der Waals surface area contributed by atoms with Crippen molar-refractivity contribution in [2.45, 2.75) is 19.5 Å². The first-order valence-electron chi connectivity index (χ1n) is 5.99. The molecule has 19 heavy (non-hydrogen) atoms. The summed E-state index contributed by atoms with van der Waals surface area (Å²) in [5.41, 5.74) is 2.28. The smallest absolute Gasteiger partial charge is 0.123 e. The van der Waals surface area contributed by atoms with E-state index < -0.39 is 0 Å². The van der Waals surface area contributed by atoms with Crippen LogP contribution in [0.15, 0.2) is 51.4 Å². The van der Waals surface area contributed by atoms with Crippen LogP contribution in [-0.2, 0) is 6.54 Å². The molecule has 0 aliphatic carbocycles. The van der Waals surface area contributed by atoms with Gasteiger partial charge in [-0.1, -0.05) is 18.2 Å². The van der Waals surface area contributed by atoms with Gasteiger partial charge in [-0.2, -0.15) is 0 Å². The summed E-state index contributed by atoms with van der Waals surface area (Å²) in [5.74, 6) is -0.201. The number of benzene rings is 2. The molecular formula is C15H14Br2FN. The summed E-state index contributed by atoms with van der Waals surface area (Å²) in [4.78, 5) is 0. The molecule has 0 fully saturated rings. The van der Waals surface area contributed by atoms with Crippen molar-refractivity contribution in [1.29, 1.82) is 0 Å². The van der Waals surface area contributed by atoms with Gasteiger partial charge >= 0.3 is 0 Å². The van der Waals surface area contributed by atoms with Gasteiger partial charge in [-0.15, -0.1) is 0 Å². The molecule has 2 rings (SSSR count).